The van der Waals surface area contributed by atoms with Gasteiger partial charge in [0.15, 0.2) is 0 Å². The summed E-state index contributed by atoms with van der Waals surface area (Å²) in [7, 11) is 0. The molecule has 120 valence electrons. The maximum atomic E-state index is 13.2. The Bertz CT molecular complexity index is 578. The summed E-state index contributed by atoms with van der Waals surface area (Å²) < 4.78 is 13.2. The number of nitrogens with two attached hydrogens (primary N) is 1. The molecule has 1 saturated heterocycles. The van der Waals surface area contributed by atoms with E-state index in [1.54, 1.807) is 0 Å². The normalized spacial score (nSPS) is 21.3. The Kier molecular flexibility index (Phi) is 5.00. The molecule has 22 heavy (non-hydrogen) atoms. The minimum atomic E-state index is -2.09. The van der Waals surface area contributed by atoms with Gasteiger partial charge in [-0.05, 0) is 23.8 Å². The van der Waals surface area contributed by atoms with Gasteiger partial charge in [0.05, 0.1) is 0 Å². The summed E-state index contributed by atoms with van der Waals surface area (Å²) in [5, 5.41) is 12.9. The largest absolute Gasteiger partial charge is 0.372 e. The summed E-state index contributed by atoms with van der Waals surface area (Å²) in [6.45, 7) is 0.772. The van der Waals surface area contributed by atoms with Gasteiger partial charge in [-0.1, -0.05) is 11.6 Å². The second-order valence-corrected chi connectivity index (χ2v) is 5.59. The molecule has 1 unspecified atom stereocenters. The fourth-order valence-corrected chi connectivity index (χ4v) is 2.63. The molecule has 2 rings (SSSR count). The van der Waals surface area contributed by atoms with E-state index in [9.17, 15) is 19.1 Å². The number of rotatable bonds is 5. The average molecular weight is 330 g/mol. The van der Waals surface area contributed by atoms with Crippen LogP contribution in [-0.4, -0.2) is 47.1 Å². The monoisotopic (exact) mass is 329 g/mol. The number of benzene rings is 1. The van der Waals surface area contributed by atoms with E-state index in [1.807, 2.05) is 0 Å². The fraction of sp³-hybridized carbons (Fsp3) is 0.429. The molecule has 1 aromatic rings. The van der Waals surface area contributed by atoms with Crippen molar-refractivity contribution in [2.75, 3.05) is 19.6 Å². The molecule has 0 aromatic heterocycles. The molecular weight excluding hydrogens is 313 g/mol. The van der Waals surface area contributed by atoms with Crippen LogP contribution in [0.25, 0.3) is 0 Å². The summed E-state index contributed by atoms with van der Waals surface area (Å²) in [6.07, 6.45) is 0.00156. The molecule has 1 aliphatic rings. The van der Waals surface area contributed by atoms with Gasteiger partial charge >= 0.3 is 0 Å². The van der Waals surface area contributed by atoms with E-state index < -0.39 is 23.2 Å². The van der Waals surface area contributed by atoms with E-state index in [1.165, 1.54) is 17.0 Å². The smallest absolute Gasteiger partial charge is 0.264 e. The van der Waals surface area contributed by atoms with E-state index in [2.05, 4.69) is 5.32 Å². The zero-order valence-corrected chi connectivity index (χ0v) is 12.6. The first-order valence-electron chi connectivity index (χ1n) is 6.82. The highest BCUT2D eigenvalue weighted by Gasteiger charge is 2.50. The van der Waals surface area contributed by atoms with Crippen LogP contribution in [0.1, 0.15) is 12.0 Å². The second-order valence-electron chi connectivity index (χ2n) is 5.15. The van der Waals surface area contributed by atoms with Crippen LogP contribution in [0.15, 0.2) is 18.2 Å². The Labute approximate surface area is 132 Å². The highest BCUT2D eigenvalue weighted by atomic mass is 35.5. The molecule has 1 aliphatic heterocycles. The van der Waals surface area contributed by atoms with E-state index in [4.69, 9.17) is 17.3 Å². The van der Waals surface area contributed by atoms with Crippen molar-refractivity contribution in [3.63, 3.8) is 0 Å². The van der Waals surface area contributed by atoms with Crippen molar-refractivity contribution in [1.29, 1.82) is 0 Å². The van der Waals surface area contributed by atoms with Crippen molar-refractivity contribution in [3.8, 4) is 0 Å². The molecule has 0 bridgehead atoms. The van der Waals surface area contributed by atoms with Gasteiger partial charge < -0.3 is 21.1 Å². The summed E-state index contributed by atoms with van der Waals surface area (Å²) in [5.74, 6) is -1.99. The third-order valence-corrected chi connectivity index (χ3v) is 3.75. The molecule has 0 saturated carbocycles. The quantitative estimate of drug-likeness (QED) is 0.663. The number of nitrogens with one attached hydrogen (secondary N) is 1. The van der Waals surface area contributed by atoms with E-state index in [0.29, 0.717) is 5.56 Å². The Balaban J connectivity index is 2.01. The van der Waals surface area contributed by atoms with Gasteiger partial charge in [0.1, 0.15) is 5.82 Å². The van der Waals surface area contributed by atoms with Gasteiger partial charge in [-0.25, -0.2) is 4.39 Å². The summed E-state index contributed by atoms with van der Waals surface area (Å²) >= 11 is 5.72. The minimum absolute atomic E-state index is 0.00156. The van der Waals surface area contributed by atoms with Crippen LogP contribution in [0.3, 0.4) is 0 Å². The molecule has 0 aliphatic carbocycles. The van der Waals surface area contributed by atoms with Crippen LogP contribution in [0.4, 0.5) is 4.39 Å². The first-order valence-corrected chi connectivity index (χ1v) is 7.19. The lowest BCUT2D eigenvalue weighted by atomic mass is 10.0. The lowest BCUT2D eigenvalue weighted by Gasteiger charge is -2.21. The van der Waals surface area contributed by atoms with Crippen LogP contribution in [-0.2, 0) is 16.1 Å². The predicted octanol–water partition coefficient (Wildman–Crippen LogP) is 0.0174. The summed E-state index contributed by atoms with van der Waals surface area (Å²) in [5.41, 5.74) is 3.72. The molecule has 8 heteroatoms. The third kappa shape index (κ3) is 3.37. The van der Waals surface area contributed by atoms with Gasteiger partial charge in [-0.2, -0.15) is 0 Å². The number of halogens is 2. The van der Waals surface area contributed by atoms with Gasteiger partial charge in [0.25, 0.3) is 11.8 Å². The Morgan fingerprint density at radius 2 is 2.23 bits per heavy atom. The van der Waals surface area contributed by atoms with Crippen molar-refractivity contribution < 1.29 is 19.1 Å². The number of carbonyl (C=O) groups excluding carboxylic acids is 2. The molecule has 1 fully saturated rings. The maximum Gasteiger partial charge on any atom is 0.264 e. The molecule has 0 spiro atoms. The van der Waals surface area contributed by atoms with Crippen LogP contribution in [0.2, 0.25) is 5.02 Å². The Hall–Kier alpha value is -1.70. The first-order chi connectivity index (χ1) is 10.4. The molecule has 2 amide bonds. The SMILES string of the molecule is NCCN1CCC(O)(C(=O)NCc2cc(F)cc(Cl)c2)C1=O. The number of aliphatic hydroxyl groups is 1. The fourth-order valence-electron chi connectivity index (χ4n) is 2.39. The van der Waals surface area contributed by atoms with Gasteiger partial charge in [0.2, 0.25) is 5.60 Å². The number of likely N-dealkylation sites (tertiary alicyclic amines) is 1. The van der Waals surface area contributed by atoms with Gasteiger partial charge in [0, 0.05) is 37.6 Å². The zero-order valence-electron chi connectivity index (χ0n) is 11.8. The third-order valence-electron chi connectivity index (χ3n) is 3.53. The topological polar surface area (TPSA) is 95.7 Å². The highest BCUT2D eigenvalue weighted by molar-refractivity contribution is 6.30. The first kappa shape index (κ1) is 16.7. The molecule has 6 nitrogen and oxygen atoms in total. The molecular formula is C14H17ClFN3O3. The molecule has 0 radical (unpaired) electrons. The summed E-state index contributed by atoms with van der Waals surface area (Å²) in [4.78, 5) is 25.5. The minimum Gasteiger partial charge on any atom is -0.372 e. The number of carbonyl (C=O) groups is 2. The number of hydrogen-bond acceptors (Lipinski definition) is 4. The van der Waals surface area contributed by atoms with Gasteiger partial charge in [-0.15, -0.1) is 0 Å². The average Bonchev–Trinajstić information content (AvgIpc) is 2.74. The molecule has 1 atom stereocenters. The van der Waals surface area contributed by atoms with E-state index in [-0.39, 0.29) is 37.6 Å². The molecule has 4 N–H and O–H groups in total. The van der Waals surface area contributed by atoms with Crippen LogP contribution >= 0.6 is 11.6 Å². The maximum absolute atomic E-state index is 13.2. The number of amides is 2. The van der Waals surface area contributed by atoms with Crippen molar-refractivity contribution in [2.45, 2.75) is 18.6 Å². The zero-order chi connectivity index (χ0) is 16.3. The van der Waals surface area contributed by atoms with Crippen LogP contribution in [0, 0.1) is 5.82 Å². The Morgan fingerprint density at radius 1 is 1.50 bits per heavy atom. The van der Waals surface area contributed by atoms with E-state index in [0.717, 1.165) is 6.07 Å². The highest BCUT2D eigenvalue weighted by Crippen LogP contribution is 2.23. The summed E-state index contributed by atoms with van der Waals surface area (Å²) in [6, 6.07) is 3.85. The van der Waals surface area contributed by atoms with Crippen LogP contribution in [0.5, 0.6) is 0 Å². The van der Waals surface area contributed by atoms with E-state index >= 15 is 0 Å². The lowest BCUT2D eigenvalue weighted by molar-refractivity contribution is -0.154. The molecule has 1 aromatic carbocycles. The van der Waals surface area contributed by atoms with Crippen LogP contribution < -0.4 is 11.1 Å². The Morgan fingerprint density at radius 3 is 2.86 bits per heavy atom. The second kappa shape index (κ2) is 6.60. The molecule has 1 heterocycles. The van der Waals surface area contributed by atoms with Crippen molar-refractivity contribution in [3.05, 3.63) is 34.6 Å². The van der Waals surface area contributed by atoms with Gasteiger partial charge in [-0.3, -0.25) is 9.59 Å². The standard InChI is InChI=1S/C14H17ClFN3O3/c15-10-5-9(6-11(16)7-10)8-18-12(20)14(22)1-3-19(4-2-17)13(14)21/h5-7,22H,1-4,8,17H2,(H,18,20). The van der Waals surface area contributed by atoms with Crippen molar-refractivity contribution in [2.24, 2.45) is 5.73 Å². The van der Waals surface area contributed by atoms with Crippen molar-refractivity contribution in [1.82, 2.24) is 10.2 Å². The number of nitrogens with zero attached hydrogens (tertiary/aromatic N) is 1. The lowest BCUT2D eigenvalue weighted by Crippen LogP contribution is -2.52. The predicted molar refractivity (Wildman–Crippen MR) is 78.5 cm³/mol. The van der Waals surface area contributed by atoms with Crippen molar-refractivity contribution >= 4 is 23.4 Å². The number of hydrogen-bond donors (Lipinski definition) is 3.